The van der Waals surface area contributed by atoms with Gasteiger partial charge in [0.05, 0.1) is 30.6 Å². The van der Waals surface area contributed by atoms with E-state index in [0.717, 1.165) is 18.5 Å². The highest BCUT2D eigenvalue weighted by molar-refractivity contribution is 5.97. The lowest BCUT2D eigenvalue weighted by Crippen LogP contribution is -2.35. The summed E-state index contributed by atoms with van der Waals surface area (Å²) in [4.78, 5) is 28.9. The number of hydrogen-bond acceptors (Lipinski definition) is 5. The summed E-state index contributed by atoms with van der Waals surface area (Å²) in [7, 11) is 1.28. The molecule has 0 saturated heterocycles. The van der Waals surface area contributed by atoms with Gasteiger partial charge in [0.1, 0.15) is 0 Å². The van der Waals surface area contributed by atoms with E-state index in [9.17, 15) is 9.59 Å². The molecule has 0 saturated carbocycles. The molecular weight excluding hydrogens is 320 g/mol. The Kier molecular flexibility index (Phi) is 6.27. The monoisotopic (exact) mass is 344 g/mol. The van der Waals surface area contributed by atoms with Gasteiger partial charge in [-0.1, -0.05) is 19.9 Å². The van der Waals surface area contributed by atoms with E-state index in [1.807, 2.05) is 11.6 Å². The molecule has 0 aliphatic rings. The van der Waals surface area contributed by atoms with Gasteiger partial charge in [0, 0.05) is 11.9 Å². The molecule has 1 amide bonds. The van der Waals surface area contributed by atoms with Gasteiger partial charge in [0.15, 0.2) is 6.04 Å². The van der Waals surface area contributed by atoms with Crippen LogP contribution in [0.3, 0.4) is 0 Å². The summed E-state index contributed by atoms with van der Waals surface area (Å²) in [5, 5.41) is 7.05. The number of ether oxygens (including phenoxy) is 1. The smallest absolute Gasteiger partial charge is 0.334 e. The number of nitrogens with one attached hydrogen (secondary N) is 1. The molecule has 0 fully saturated rings. The average molecular weight is 344 g/mol. The van der Waals surface area contributed by atoms with Crippen LogP contribution in [-0.2, 0) is 9.53 Å². The van der Waals surface area contributed by atoms with Gasteiger partial charge in [0.25, 0.3) is 5.91 Å². The molecule has 0 bridgehead atoms. The highest BCUT2D eigenvalue weighted by Crippen LogP contribution is 2.20. The van der Waals surface area contributed by atoms with Crippen LogP contribution in [0.15, 0.2) is 30.6 Å². The van der Waals surface area contributed by atoms with Crippen molar-refractivity contribution in [1.29, 1.82) is 0 Å². The van der Waals surface area contributed by atoms with Gasteiger partial charge < -0.3 is 10.1 Å². The number of carbonyl (C=O) groups is 2. The lowest BCUT2D eigenvalue weighted by Gasteiger charge is -2.17. The third-order valence-electron chi connectivity index (χ3n) is 4.27. The lowest BCUT2D eigenvalue weighted by atomic mass is 10.1. The summed E-state index contributed by atoms with van der Waals surface area (Å²) < 4.78 is 6.66. The predicted octanol–water partition coefficient (Wildman–Crippen LogP) is 2.59. The molecule has 0 radical (unpaired) electrons. The zero-order valence-electron chi connectivity index (χ0n) is 15.0. The van der Waals surface area contributed by atoms with E-state index in [2.05, 4.69) is 29.2 Å². The van der Waals surface area contributed by atoms with E-state index in [1.165, 1.54) is 13.3 Å². The first-order valence-corrected chi connectivity index (χ1v) is 8.37. The number of hydrogen-bond donors (Lipinski definition) is 1. The summed E-state index contributed by atoms with van der Waals surface area (Å²) in [6, 6.07) is 4.44. The summed E-state index contributed by atoms with van der Waals surface area (Å²) in [5.41, 5.74) is 1.64. The normalized spacial score (nSPS) is 12.0. The minimum absolute atomic E-state index is 0.244. The highest BCUT2D eigenvalue weighted by atomic mass is 16.5. The van der Waals surface area contributed by atoms with Gasteiger partial charge in [-0.25, -0.2) is 4.79 Å². The molecular formula is C18H24N4O3. The molecule has 0 aromatic carbocycles. The Labute approximate surface area is 147 Å². The average Bonchev–Trinajstić information content (AvgIpc) is 3.02. The van der Waals surface area contributed by atoms with Crippen molar-refractivity contribution in [3.8, 4) is 0 Å². The van der Waals surface area contributed by atoms with Crippen molar-refractivity contribution < 1.29 is 14.3 Å². The first-order valence-electron chi connectivity index (χ1n) is 8.37. The minimum Gasteiger partial charge on any atom is -0.467 e. The number of nitrogens with zero attached hydrogens (tertiary/aromatic N) is 3. The fourth-order valence-electron chi connectivity index (χ4n) is 2.78. The first-order chi connectivity index (χ1) is 12.0. The molecule has 7 heteroatoms. The predicted molar refractivity (Wildman–Crippen MR) is 93.0 cm³/mol. The summed E-state index contributed by atoms with van der Waals surface area (Å²) in [5.74, 6) is -0.951. The molecule has 2 heterocycles. The van der Waals surface area contributed by atoms with Crippen LogP contribution in [0.2, 0.25) is 0 Å². The molecule has 0 spiro atoms. The number of carbonyl (C=O) groups excluding carboxylic acids is 2. The molecule has 0 aliphatic heterocycles. The maximum absolute atomic E-state index is 12.7. The van der Waals surface area contributed by atoms with Gasteiger partial charge in [-0.3, -0.25) is 14.5 Å². The number of pyridine rings is 1. The summed E-state index contributed by atoms with van der Waals surface area (Å²) in [6.07, 6.45) is 4.96. The number of amides is 1. The van der Waals surface area contributed by atoms with Crippen LogP contribution in [0.5, 0.6) is 0 Å². The maximum atomic E-state index is 12.7. The van der Waals surface area contributed by atoms with E-state index in [1.54, 1.807) is 24.4 Å². The van der Waals surface area contributed by atoms with Crippen LogP contribution < -0.4 is 5.32 Å². The Morgan fingerprint density at radius 1 is 1.28 bits per heavy atom. The van der Waals surface area contributed by atoms with Gasteiger partial charge in [-0.2, -0.15) is 5.10 Å². The highest BCUT2D eigenvalue weighted by Gasteiger charge is 2.27. The van der Waals surface area contributed by atoms with E-state index in [0.29, 0.717) is 11.3 Å². The molecule has 0 unspecified atom stereocenters. The quantitative estimate of drug-likeness (QED) is 0.780. The van der Waals surface area contributed by atoms with Gasteiger partial charge >= 0.3 is 5.97 Å². The Hall–Kier alpha value is -2.70. The van der Waals surface area contributed by atoms with E-state index >= 15 is 0 Å². The molecule has 25 heavy (non-hydrogen) atoms. The third-order valence-corrected chi connectivity index (χ3v) is 4.27. The van der Waals surface area contributed by atoms with Crippen molar-refractivity contribution >= 4 is 11.9 Å². The standard InChI is InChI=1S/C18H24N4O3/c1-5-13(6-2)22-12(3)14(11-20-22)17(23)21-16(18(24)25-4)15-9-7-8-10-19-15/h7-11,13,16H,5-6H2,1-4H3,(H,21,23)/t16-/m1/s1. The van der Waals surface area contributed by atoms with Gasteiger partial charge in [-0.15, -0.1) is 0 Å². The number of aromatic nitrogens is 3. The molecule has 7 nitrogen and oxygen atoms in total. The number of methoxy groups -OCH3 is 1. The van der Waals surface area contributed by atoms with Crippen molar-refractivity contribution in [2.75, 3.05) is 7.11 Å². The Morgan fingerprint density at radius 2 is 2.00 bits per heavy atom. The van der Waals surface area contributed by atoms with Crippen LogP contribution in [-0.4, -0.2) is 33.8 Å². The Morgan fingerprint density at radius 3 is 2.56 bits per heavy atom. The van der Waals surface area contributed by atoms with Crippen molar-refractivity contribution in [2.24, 2.45) is 0 Å². The fourth-order valence-corrected chi connectivity index (χ4v) is 2.78. The zero-order valence-corrected chi connectivity index (χ0v) is 15.0. The second kappa shape index (κ2) is 8.41. The molecule has 2 rings (SSSR count). The van der Waals surface area contributed by atoms with E-state index < -0.39 is 12.0 Å². The van der Waals surface area contributed by atoms with Gasteiger partial charge in [-0.05, 0) is 31.9 Å². The summed E-state index contributed by atoms with van der Waals surface area (Å²) >= 11 is 0. The molecule has 1 N–H and O–H groups in total. The third kappa shape index (κ3) is 4.04. The van der Waals surface area contributed by atoms with Gasteiger partial charge in [0.2, 0.25) is 0 Å². The largest absolute Gasteiger partial charge is 0.467 e. The zero-order chi connectivity index (χ0) is 18.4. The van der Waals surface area contributed by atoms with Crippen LogP contribution in [0.4, 0.5) is 0 Å². The molecule has 0 aliphatic carbocycles. The van der Waals surface area contributed by atoms with Crippen LogP contribution in [0.25, 0.3) is 0 Å². The van der Waals surface area contributed by atoms with E-state index in [4.69, 9.17) is 4.74 Å². The second-order valence-corrected chi connectivity index (χ2v) is 5.74. The first kappa shape index (κ1) is 18.6. The summed E-state index contributed by atoms with van der Waals surface area (Å²) in [6.45, 7) is 6.03. The Balaban J connectivity index is 2.26. The molecule has 1 atom stereocenters. The molecule has 134 valence electrons. The maximum Gasteiger partial charge on any atom is 0.334 e. The second-order valence-electron chi connectivity index (χ2n) is 5.74. The fraction of sp³-hybridized carbons (Fsp3) is 0.444. The minimum atomic E-state index is -0.963. The van der Waals surface area contributed by atoms with Crippen molar-refractivity contribution in [3.63, 3.8) is 0 Å². The molecule has 2 aromatic heterocycles. The van der Waals surface area contributed by atoms with Crippen molar-refractivity contribution in [3.05, 3.63) is 47.5 Å². The molecule has 2 aromatic rings. The lowest BCUT2D eigenvalue weighted by molar-refractivity contribution is -0.143. The van der Waals surface area contributed by atoms with Crippen molar-refractivity contribution in [1.82, 2.24) is 20.1 Å². The SMILES string of the molecule is CCC(CC)n1ncc(C(=O)N[C@@H](C(=O)OC)c2ccccn2)c1C. The van der Waals surface area contributed by atoms with Crippen molar-refractivity contribution in [2.45, 2.75) is 45.7 Å². The number of esters is 1. The van der Waals surface area contributed by atoms with Crippen LogP contribution in [0.1, 0.15) is 60.5 Å². The van der Waals surface area contributed by atoms with Crippen LogP contribution in [0, 0.1) is 6.92 Å². The van der Waals surface area contributed by atoms with E-state index in [-0.39, 0.29) is 11.9 Å². The topological polar surface area (TPSA) is 86.1 Å². The van der Waals surface area contributed by atoms with Crippen LogP contribution >= 0.6 is 0 Å². The Bertz CT molecular complexity index is 723. The number of rotatable bonds is 7.